The highest BCUT2D eigenvalue weighted by Gasteiger charge is 2.54. The number of methoxy groups -OCH3 is 1. The van der Waals surface area contributed by atoms with Gasteiger partial charge in [-0.25, -0.2) is 0 Å². The number of nitrogens with zero attached hydrogens (tertiary/aromatic N) is 3. The van der Waals surface area contributed by atoms with Crippen molar-refractivity contribution in [2.24, 2.45) is 0 Å². The standard InChI is InChI=1S/C26H25N3O4/c1-33-21-10-8-18(9-11-21)17-4-6-19(7-5-17)25-22-14-28(15-24(31)29(22)23(25)16-30)26(32)20-3-2-12-27-13-20/h2-13,22-23,25,30H,14-16H2,1H3/t22-,23+,25-/m0/s1. The molecule has 2 amide bonds. The first-order valence-corrected chi connectivity index (χ1v) is 11.0. The summed E-state index contributed by atoms with van der Waals surface area (Å²) in [5, 5.41) is 10.0. The fourth-order valence-electron chi connectivity index (χ4n) is 5.01. The fourth-order valence-corrected chi connectivity index (χ4v) is 5.01. The summed E-state index contributed by atoms with van der Waals surface area (Å²) in [5.74, 6) is 0.447. The van der Waals surface area contributed by atoms with Crippen LogP contribution in [0, 0.1) is 0 Å². The van der Waals surface area contributed by atoms with Crippen LogP contribution in [0.25, 0.3) is 11.1 Å². The van der Waals surface area contributed by atoms with E-state index in [9.17, 15) is 14.7 Å². The zero-order chi connectivity index (χ0) is 22.9. The second kappa shape index (κ2) is 8.67. The van der Waals surface area contributed by atoms with Crippen LogP contribution >= 0.6 is 0 Å². The van der Waals surface area contributed by atoms with Gasteiger partial charge in [0.05, 0.1) is 31.4 Å². The van der Waals surface area contributed by atoms with Gasteiger partial charge in [-0.3, -0.25) is 14.6 Å². The molecule has 168 valence electrons. The largest absolute Gasteiger partial charge is 0.497 e. The molecule has 0 saturated carbocycles. The summed E-state index contributed by atoms with van der Waals surface area (Å²) in [7, 11) is 1.64. The Bertz CT molecular complexity index is 1150. The number of hydrogen-bond acceptors (Lipinski definition) is 5. The fraction of sp³-hybridized carbons (Fsp3) is 0.269. The number of aliphatic hydroxyl groups is 1. The van der Waals surface area contributed by atoms with E-state index < -0.39 is 0 Å². The van der Waals surface area contributed by atoms with Crippen molar-refractivity contribution < 1.29 is 19.4 Å². The minimum Gasteiger partial charge on any atom is -0.497 e. The number of aliphatic hydroxyl groups excluding tert-OH is 1. The Labute approximate surface area is 192 Å². The number of fused-ring (bicyclic) bond motifs is 1. The Morgan fingerprint density at radius 1 is 1.09 bits per heavy atom. The van der Waals surface area contributed by atoms with Gasteiger partial charge in [0.2, 0.25) is 5.91 Å². The third-order valence-electron chi connectivity index (χ3n) is 6.67. The molecular weight excluding hydrogens is 418 g/mol. The molecule has 0 spiro atoms. The summed E-state index contributed by atoms with van der Waals surface area (Å²) >= 11 is 0. The van der Waals surface area contributed by atoms with Crippen molar-refractivity contribution in [1.82, 2.24) is 14.8 Å². The lowest BCUT2D eigenvalue weighted by Gasteiger charge is -2.58. The summed E-state index contributed by atoms with van der Waals surface area (Å²) in [6.07, 6.45) is 3.13. The van der Waals surface area contributed by atoms with Gasteiger partial charge >= 0.3 is 0 Å². The number of hydrogen-bond donors (Lipinski definition) is 1. The average Bonchev–Trinajstić information content (AvgIpc) is 2.86. The number of aromatic nitrogens is 1. The quantitative estimate of drug-likeness (QED) is 0.655. The van der Waals surface area contributed by atoms with Gasteiger partial charge in [-0.05, 0) is 41.0 Å². The lowest BCUT2D eigenvalue weighted by molar-refractivity contribution is -0.159. The van der Waals surface area contributed by atoms with Crippen molar-refractivity contribution in [2.45, 2.75) is 18.0 Å². The third kappa shape index (κ3) is 3.74. The zero-order valence-electron chi connectivity index (χ0n) is 18.3. The maximum Gasteiger partial charge on any atom is 0.255 e. The Balaban J connectivity index is 1.37. The van der Waals surface area contributed by atoms with Crippen LogP contribution in [-0.4, -0.2) is 70.6 Å². The van der Waals surface area contributed by atoms with E-state index in [2.05, 4.69) is 29.2 Å². The first kappa shape index (κ1) is 21.2. The normalized spacial score (nSPS) is 21.9. The molecule has 3 aromatic rings. The van der Waals surface area contributed by atoms with Crippen LogP contribution in [0.15, 0.2) is 73.1 Å². The summed E-state index contributed by atoms with van der Waals surface area (Å²) in [5.41, 5.74) is 3.68. The van der Waals surface area contributed by atoms with Crippen LogP contribution < -0.4 is 4.74 Å². The molecule has 2 fully saturated rings. The summed E-state index contributed by atoms with van der Waals surface area (Å²) < 4.78 is 5.23. The second-order valence-corrected chi connectivity index (χ2v) is 8.42. The third-order valence-corrected chi connectivity index (χ3v) is 6.67. The van der Waals surface area contributed by atoms with E-state index in [1.807, 2.05) is 24.3 Å². The van der Waals surface area contributed by atoms with Crippen molar-refractivity contribution in [3.63, 3.8) is 0 Å². The molecule has 1 aromatic heterocycles. The molecule has 2 saturated heterocycles. The van der Waals surface area contributed by atoms with Crippen molar-refractivity contribution in [3.05, 3.63) is 84.2 Å². The van der Waals surface area contributed by atoms with Gasteiger partial charge in [-0.1, -0.05) is 36.4 Å². The minimum absolute atomic E-state index is 0.0177. The Hall–Kier alpha value is -3.71. The van der Waals surface area contributed by atoms with Crippen LogP contribution in [0.2, 0.25) is 0 Å². The summed E-state index contributed by atoms with van der Waals surface area (Å²) in [6.45, 7) is 0.342. The summed E-state index contributed by atoms with van der Waals surface area (Å²) in [4.78, 5) is 33.1. The van der Waals surface area contributed by atoms with E-state index >= 15 is 0 Å². The number of benzene rings is 2. The molecule has 2 aromatic carbocycles. The van der Waals surface area contributed by atoms with E-state index in [0.29, 0.717) is 12.1 Å². The highest BCUT2D eigenvalue weighted by atomic mass is 16.5. The van der Waals surface area contributed by atoms with Crippen LogP contribution in [-0.2, 0) is 4.79 Å². The molecule has 5 rings (SSSR count). The SMILES string of the molecule is COc1ccc(-c2ccc([C@@H]3[C@@H](CO)N4C(=O)CN(C(=O)c5cccnc5)C[C@@H]34)cc2)cc1. The number of piperazine rings is 1. The lowest BCUT2D eigenvalue weighted by Crippen LogP contribution is -2.73. The maximum atomic E-state index is 12.9. The monoisotopic (exact) mass is 443 g/mol. The first-order valence-electron chi connectivity index (χ1n) is 11.0. The van der Waals surface area contributed by atoms with Crippen molar-refractivity contribution in [3.8, 4) is 16.9 Å². The van der Waals surface area contributed by atoms with E-state index in [1.165, 1.54) is 6.20 Å². The number of rotatable bonds is 5. The smallest absolute Gasteiger partial charge is 0.255 e. The van der Waals surface area contributed by atoms with E-state index in [4.69, 9.17) is 4.74 Å². The molecule has 3 heterocycles. The predicted molar refractivity (Wildman–Crippen MR) is 123 cm³/mol. The van der Waals surface area contributed by atoms with Gasteiger partial charge in [-0.2, -0.15) is 0 Å². The highest BCUT2D eigenvalue weighted by Crippen LogP contribution is 2.43. The molecule has 0 radical (unpaired) electrons. The average molecular weight is 444 g/mol. The molecule has 1 N–H and O–H groups in total. The topological polar surface area (TPSA) is 83.0 Å². The molecule has 0 bridgehead atoms. The maximum absolute atomic E-state index is 12.9. The molecular formula is C26H25N3O4. The first-order chi connectivity index (χ1) is 16.1. The molecule has 0 unspecified atom stereocenters. The Kier molecular flexibility index (Phi) is 5.56. The van der Waals surface area contributed by atoms with Crippen LogP contribution in [0.4, 0.5) is 0 Å². The highest BCUT2D eigenvalue weighted by molar-refractivity contribution is 5.97. The van der Waals surface area contributed by atoms with Crippen molar-refractivity contribution in [2.75, 3.05) is 26.8 Å². The molecule has 7 nitrogen and oxygen atoms in total. The lowest BCUT2D eigenvalue weighted by atomic mass is 9.73. The van der Waals surface area contributed by atoms with Crippen molar-refractivity contribution >= 4 is 11.8 Å². The molecule has 7 heteroatoms. The minimum atomic E-state index is -0.273. The van der Waals surface area contributed by atoms with Gasteiger partial charge in [0.15, 0.2) is 0 Å². The van der Waals surface area contributed by atoms with E-state index in [0.717, 1.165) is 22.4 Å². The van der Waals surface area contributed by atoms with Gasteiger partial charge in [0, 0.05) is 24.9 Å². The number of carbonyl (C=O) groups is 2. The number of amides is 2. The Morgan fingerprint density at radius 2 is 1.79 bits per heavy atom. The van der Waals surface area contributed by atoms with Crippen LogP contribution in [0.5, 0.6) is 5.75 Å². The Morgan fingerprint density at radius 3 is 2.39 bits per heavy atom. The van der Waals surface area contributed by atoms with E-state index in [1.54, 1.807) is 35.2 Å². The predicted octanol–water partition coefficient (Wildman–Crippen LogP) is 2.57. The molecule has 0 aliphatic carbocycles. The number of ether oxygens (including phenoxy) is 1. The van der Waals surface area contributed by atoms with E-state index in [-0.39, 0.29) is 43.0 Å². The van der Waals surface area contributed by atoms with Gasteiger partial charge in [0.25, 0.3) is 5.91 Å². The zero-order valence-corrected chi connectivity index (χ0v) is 18.3. The molecule has 33 heavy (non-hydrogen) atoms. The molecule has 2 aliphatic heterocycles. The van der Waals surface area contributed by atoms with Gasteiger partial charge in [-0.15, -0.1) is 0 Å². The van der Waals surface area contributed by atoms with Crippen molar-refractivity contribution in [1.29, 1.82) is 0 Å². The number of pyridine rings is 1. The van der Waals surface area contributed by atoms with Crippen LogP contribution in [0.3, 0.4) is 0 Å². The molecule has 2 aliphatic rings. The number of carbonyl (C=O) groups excluding carboxylic acids is 2. The van der Waals surface area contributed by atoms with Gasteiger partial charge in [0.1, 0.15) is 12.3 Å². The molecule has 3 atom stereocenters. The summed E-state index contributed by atoms with van der Waals surface area (Å²) in [6, 6.07) is 19.1. The second-order valence-electron chi connectivity index (χ2n) is 8.42. The van der Waals surface area contributed by atoms with Crippen LogP contribution in [0.1, 0.15) is 21.8 Å². The van der Waals surface area contributed by atoms with Gasteiger partial charge < -0.3 is 19.6 Å².